The van der Waals surface area contributed by atoms with E-state index in [4.69, 9.17) is 16.3 Å². The average Bonchev–Trinajstić information content (AvgIpc) is 2.97. The summed E-state index contributed by atoms with van der Waals surface area (Å²) in [6.07, 6.45) is 2.00. The van der Waals surface area contributed by atoms with Gasteiger partial charge in [0, 0.05) is 18.1 Å². The van der Waals surface area contributed by atoms with Crippen LogP contribution in [-0.4, -0.2) is 43.2 Å². The highest BCUT2D eigenvalue weighted by atomic mass is 35.5. The quantitative estimate of drug-likeness (QED) is 0.907. The highest BCUT2D eigenvalue weighted by Crippen LogP contribution is 2.36. The molecule has 0 radical (unpaired) electrons. The average molecular weight is 295 g/mol. The number of hydrogen-bond acceptors (Lipinski definition) is 3. The predicted molar refractivity (Wildman–Crippen MR) is 77.7 cm³/mol. The molecule has 2 unspecified atom stereocenters. The van der Waals surface area contributed by atoms with Crippen molar-refractivity contribution in [3.63, 3.8) is 0 Å². The Balaban J connectivity index is 1.78. The first-order valence-corrected chi connectivity index (χ1v) is 7.51. The smallest absolute Gasteiger partial charge is 0.242 e. The molecule has 108 valence electrons. The summed E-state index contributed by atoms with van der Waals surface area (Å²) in [6.45, 7) is 2.68. The molecule has 1 N–H and O–H groups in total. The number of likely N-dealkylation sites (tertiary alicyclic amines) is 1. The van der Waals surface area contributed by atoms with Crippen molar-refractivity contribution in [2.45, 2.75) is 24.9 Å². The van der Waals surface area contributed by atoms with Crippen molar-refractivity contribution in [2.75, 3.05) is 26.3 Å². The molecule has 2 saturated heterocycles. The molecular weight excluding hydrogens is 276 g/mol. The van der Waals surface area contributed by atoms with Crippen LogP contribution in [0.3, 0.4) is 0 Å². The number of amides is 1. The van der Waals surface area contributed by atoms with Gasteiger partial charge in [0.2, 0.25) is 5.91 Å². The molecule has 1 aromatic rings. The first-order chi connectivity index (χ1) is 9.77. The largest absolute Gasteiger partial charge is 0.378 e. The van der Waals surface area contributed by atoms with E-state index >= 15 is 0 Å². The minimum atomic E-state index is -0.216. The second kappa shape index (κ2) is 6.12. The normalized spacial score (nSPS) is 26.8. The summed E-state index contributed by atoms with van der Waals surface area (Å²) in [5.74, 6) is 0.132. The monoisotopic (exact) mass is 294 g/mol. The van der Waals surface area contributed by atoms with Crippen LogP contribution in [0.2, 0.25) is 5.02 Å². The van der Waals surface area contributed by atoms with E-state index in [1.807, 2.05) is 29.2 Å². The van der Waals surface area contributed by atoms with Crippen molar-refractivity contribution in [1.29, 1.82) is 0 Å². The summed E-state index contributed by atoms with van der Waals surface area (Å²) >= 11 is 6.28. The lowest BCUT2D eigenvalue weighted by Crippen LogP contribution is -2.52. The van der Waals surface area contributed by atoms with Gasteiger partial charge in [-0.05, 0) is 24.5 Å². The van der Waals surface area contributed by atoms with Crippen molar-refractivity contribution in [1.82, 2.24) is 10.2 Å². The Morgan fingerprint density at radius 1 is 1.40 bits per heavy atom. The van der Waals surface area contributed by atoms with E-state index in [0.29, 0.717) is 13.2 Å². The van der Waals surface area contributed by atoms with Crippen LogP contribution in [0, 0.1) is 0 Å². The third-order valence-corrected chi connectivity index (χ3v) is 4.36. The molecule has 0 saturated carbocycles. The number of nitrogens with zero attached hydrogens (tertiary/aromatic N) is 1. The molecule has 2 heterocycles. The molecule has 2 atom stereocenters. The maximum atomic E-state index is 12.6. The van der Waals surface area contributed by atoms with Gasteiger partial charge in [-0.15, -0.1) is 0 Å². The third-order valence-electron chi connectivity index (χ3n) is 4.02. The second-order valence-corrected chi connectivity index (χ2v) is 5.70. The Morgan fingerprint density at radius 2 is 2.25 bits per heavy atom. The summed E-state index contributed by atoms with van der Waals surface area (Å²) in [6, 6.07) is 7.68. The minimum absolute atomic E-state index is 0.0972. The fraction of sp³-hybridized carbons (Fsp3) is 0.533. The molecule has 2 aliphatic rings. The van der Waals surface area contributed by atoms with Gasteiger partial charge in [0.1, 0.15) is 6.04 Å². The van der Waals surface area contributed by atoms with Crippen LogP contribution < -0.4 is 5.32 Å². The topological polar surface area (TPSA) is 41.6 Å². The van der Waals surface area contributed by atoms with E-state index in [1.54, 1.807) is 0 Å². The zero-order valence-corrected chi connectivity index (χ0v) is 12.1. The van der Waals surface area contributed by atoms with Gasteiger partial charge >= 0.3 is 0 Å². The zero-order chi connectivity index (χ0) is 13.9. The van der Waals surface area contributed by atoms with Crippen LogP contribution in [0.5, 0.6) is 0 Å². The fourth-order valence-electron chi connectivity index (χ4n) is 3.02. The van der Waals surface area contributed by atoms with Gasteiger partial charge in [-0.1, -0.05) is 29.8 Å². The van der Waals surface area contributed by atoms with Crippen LogP contribution in [0.25, 0.3) is 0 Å². The zero-order valence-electron chi connectivity index (χ0n) is 11.3. The molecule has 20 heavy (non-hydrogen) atoms. The van der Waals surface area contributed by atoms with Gasteiger partial charge in [-0.25, -0.2) is 0 Å². The van der Waals surface area contributed by atoms with Gasteiger partial charge in [0.15, 0.2) is 0 Å². The molecule has 1 amide bonds. The van der Waals surface area contributed by atoms with E-state index < -0.39 is 0 Å². The lowest BCUT2D eigenvalue weighted by atomic mass is 10.0. The van der Waals surface area contributed by atoms with Crippen molar-refractivity contribution in [3.05, 3.63) is 34.9 Å². The molecule has 3 rings (SSSR count). The highest BCUT2D eigenvalue weighted by molar-refractivity contribution is 6.31. The number of carbonyl (C=O) groups is 1. The molecule has 0 aliphatic carbocycles. The van der Waals surface area contributed by atoms with Gasteiger partial charge in [0.25, 0.3) is 0 Å². The van der Waals surface area contributed by atoms with E-state index in [-0.39, 0.29) is 18.0 Å². The predicted octanol–water partition coefficient (Wildman–Crippen LogP) is 1.99. The molecule has 0 aromatic heterocycles. The molecule has 0 bridgehead atoms. The van der Waals surface area contributed by atoms with Crippen LogP contribution in [0.1, 0.15) is 24.4 Å². The van der Waals surface area contributed by atoms with E-state index in [2.05, 4.69) is 5.32 Å². The van der Waals surface area contributed by atoms with Gasteiger partial charge in [-0.3, -0.25) is 4.79 Å². The highest BCUT2D eigenvalue weighted by Gasteiger charge is 2.35. The van der Waals surface area contributed by atoms with Crippen molar-refractivity contribution in [3.8, 4) is 0 Å². The molecule has 4 nitrogen and oxygen atoms in total. The summed E-state index contributed by atoms with van der Waals surface area (Å²) in [4.78, 5) is 14.6. The van der Waals surface area contributed by atoms with Crippen molar-refractivity contribution in [2.24, 2.45) is 0 Å². The first-order valence-electron chi connectivity index (χ1n) is 7.13. The molecule has 1 aromatic carbocycles. The third kappa shape index (κ3) is 2.68. The molecule has 5 heteroatoms. The van der Waals surface area contributed by atoms with E-state index in [9.17, 15) is 4.79 Å². The molecule has 2 fully saturated rings. The van der Waals surface area contributed by atoms with Gasteiger partial charge in [0.05, 0.1) is 19.3 Å². The Morgan fingerprint density at radius 3 is 3.00 bits per heavy atom. The standard InChI is InChI=1S/C15H19ClN2O2/c16-12-5-2-1-4-11(12)14-6-3-8-18(14)15(19)13-10-20-9-7-17-13/h1-2,4-5,13-14,17H,3,6-10H2. The molecular formula is C15H19ClN2O2. The molecule has 0 spiro atoms. The molecule has 2 aliphatic heterocycles. The summed E-state index contributed by atoms with van der Waals surface area (Å²) in [5.41, 5.74) is 1.05. The van der Waals surface area contributed by atoms with Crippen molar-refractivity contribution >= 4 is 17.5 Å². The van der Waals surface area contributed by atoms with Crippen molar-refractivity contribution < 1.29 is 9.53 Å². The number of hydrogen-bond donors (Lipinski definition) is 1. The SMILES string of the molecule is O=C(C1COCCN1)N1CCCC1c1ccccc1Cl. The van der Waals surface area contributed by atoms with Crippen LogP contribution in [0.4, 0.5) is 0 Å². The van der Waals surface area contributed by atoms with Gasteiger partial charge in [-0.2, -0.15) is 0 Å². The second-order valence-electron chi connectivity index (χ2n) is 5.29. The van der Waals surface area contributed by atoms with E-state index in [1.165, 1.54) is 0 Å². The summed E-state index contributed by atoms with van der Waals surface area (Å²) < 4.78 is 5.39. The van der Waals surface area contributed by atoms with Gasteiger partial charge < -0.3 is 15.0 Å². The van der Waals surface area contributed by atoms with Crippen LogP contribution in [-0.2, 0) is 9.53 Å². The summed E-state index contributed by atoms with van der Waals surface area (Å²) in [5, 5.41) is 3.97. The minimum Gasteiger partial charge on any atom is -0.378 e. The number of carbonyl (C=O) groups excluding carboxylic acids is 1. The van der Waals surface area contributed by atoms with E-state index in [0.717, 1.165) is 36.5 Å². The number of benzene rings is 1. The number of ether oxygens (including phenoxy) is 1. The number of rotatable bonds is 2. The summed E-state index contributed by atoms with van der Waals surface area (Å²) in [7, 11) is 0. The lowest BCUT2D eigenvalue weighted by Gasteiger charge is -2.31. The fourth-order valence-corrected chi connectivity index (χ4v) is 3.29. The lowest BCUT2D eigenvalue weighted by molar-refractivity contribution is -0.137. The Kier molecular flexibility index (Phi) is 4.24. The van der Waals surface area contributed by atoms with Crippen LogP contribution >= 0.6 is 11.6 Å². The maximum Gasteiger partial charge on any atom is 0.242 e. The Bertz CT molecular complexity index is 489. The Labute approximate surface area is 124 Å². The first kappa shape index (κ1) is 13.9. The number of halogens is 1. The maximum absolute atomic E-state index is 12.6. The number of morpholine rings is 1. The van der Waals surface area contributed by atoms with Crippen LogP contribution in [0.15, 0.2) is 24.3 Å². The Hall–Kier alpha value is -1.10. The number of nitrogens with one attached hydrogen (secondary N) is 1.